The minimum Gasteiger partial charge on any atom is -0.451 e. The van der Waals surface area contributed by atoms with Crippen LogP contribution >= 0.6 is 0 Å². The van der Waals surface area contributed by atoms with Gasteiger partial charge in [0.05, 0.1) is 11.1 Å². The van der Waals surface area contributed by atoms with Crippen molar-refractivity contribution >= 4 is 0 Å². The smallest absolute Gasteiger partial charge is 0.170 e. The molecule has 0 fully saturated rings. The van der Waals surface area contributed by atoms with Crippen molar-refractivity contribution in [1.82, 2.24) is 9.97 Å². The SMILES string of the molecule is N#Cc1ccc(-c2ccc(-c3ccc(-c4ccc(C#N)cn4)o3)o2)nc1. The molecule has 0 N–H and O–H groups in total. The van der Waals surface area contributed by atoms with Gasteiger partial charge in [0.1, 0.15) is 23.5 Å². The predicted octanol–water partition coefficient (Wildman–Crippen LogP) is 4.41. The van der Waals surface area contributed by atoms with Crippen molar-refractivity contribution in [2.45, 2.75) is 0 Å². The molecule has 6 heteroatoms. The molecule has 4 heterocycles. The first kappa shape index (κ1) is 15.4. The second kappa shape index (κ2) is 6.39. The van der Waals surface area contributed by atoms with Crippen LogP contribution in [0.15, 0.2) is 69.8 Å². The number of hydrogen-bond acceptors (Lipinski definition) is 6. The molecule has 0 aliphatic rings. The highest BCUT2D eigenvalue weighted by Crippen LogP contribution is 2.31. The van der Waals surface area contributed by atoms with Crippen LogP contribution in [0.1, 0.15) is 11.1 Å². The first-order chi connectivity index (χ1) is 12.8. The summed E-state index contributed by atoms with van der Waals surface area (Å²) >= 11 is 0. The van der Waals surface area contributed by atoms with Crippen LogP contribution in [-0.4, -0.2) is 9.97 Å². The molecule has 6 nitrogen and oxygen atoms in total. The Morgan fingerprint density at radius 1 is 0.577 bits per heavy atom. The zero-order valence-electron chi connectivity index (χ0n) is 13.4. The molecule has 4 aromatic heterocycles. The summed E-state index contributed by atoms with van der Waals surface area (Å²) in [4.78, 5) is 8.43. The fourth-order valence-electron chi connectivity index (χ4n) is 2.43. The van der Waals surface area contributed by atoms with Gasteiger partial charge in [-0.2, -0.15) is 10.5 Å². The maximum Gasteiger partial charge on any atom is 0.170 e. The van der Waals surface area contributed by atoms with Gasteiger partial charge in [0.25, 0.3) is 0 Å². The lowest BCUT2D eigenvalue weighted by atomic mass is 10.2. The molecule has 0 bridgehead atoms. The summed E-state index contributed by atoms with van der Waals surface area (Å²) in [6.07, 6.45) is 3.00. The van der Waals surface area contributed by atoms with E-state index in [0.717, 1.165) is 0 Å². The number of nitrogens with zero attached hydrogens (tertiary/aromatic N) is 4. The van der Waals surface area contributed by atoms with Crippen LogP contribution in [0.2, 0.25) is 0 Å². The van der Waals surface area contributed by atoms with Gasteiger partial charge < -0.3 is 8.83 Å². The van der Waals surface area contributed by atoms with E-state index in [1.165, 1.54) is 12.4 Å². The van der Waals surface area contributed by atoms with Crippen molar-refractivity contribution in [2.75, 3.05) is 0 Å². The fraction of sp³-hybridized carbons (Fsp3) is 0. The Labute approximate surface area is 148 Å². The Kier molecular flexibility index (Phi) is 3.78. The summed E-state index contributed by atoms with van der Waals surface area (Å²) in [5, 5.41) is 17.7. The van der Waals surface area contributed by atoms with Gasteiger partial charge in [-0.3, -0.25) is 9.97 Å². The summed E-state index contributed by atoms with van der Waals surface area (Å²) in [6.45, 7) is 0. The molecule has 0 radical (unpaired) electrons. The van der Waals surface area contributed by atoms with Crippen LogP contribution in [0.25, 0.3) is 34.4 Å². The van der Waals surface area contributed by atoms with Gasteiger partial charge in [-0.25, -0.2) is 0 Å². The molecule has 0 aliphatic carbocycles. The summed E-state index contributed by atoms with van der Waals surface area (Å²) in [7, 11) is 0. The van der Waals surface area contributed by atoms with Crippen molar-refractivity contribution in [3.05, 3.63) is 72.1 Å². The summed E-state index contributed by atoms with van der Waals surface area (Å²) < 4.78 is 11.6. The summed E-state index contributed by atoms with van der Waals surface area (Å²) in [5.74, 6) is 2.29. The Balaban J connectivity index is 1.61. The van der Waals surface area contributed by atoms with Crippen LogP contribution in [0.3, 0.4) is 0 Å². The van der Waals surface area contributed by atoms with Crippen LogP contribution in [0.5, 0.6) is 0 Å². The molecule has 4 rings (SSSR count). The maximum absolute atomic E-state index is 8.83. The third-order valence-corrected chi connectivity index (χ3v) is 3.74. The van der Waals surface area contributed by atoms with Crippen molar-refractivity contribution < 1.29 is 8.83 Å². The quantitative estimate of drug-likeness (QED) is 0.548. The number of pyridine rings is 2. The Hall–Kier alpha value is -4.16. The molecular formula is C20H10N4O2. The lowest BCUT2D eigenvalue weighted by Crippen LogP contribution is -1.82. The second-order valence-electron chi connectivity index (χ2n) is 5.42. The van der Waals surface area contributed by atoms with Crippen LogP contribution in [0, 0.1) is 22.7 Å². The first-order valence-corrected chi connectivity index (χ1v) is 7.70. The molecular weight excluding hydrogens is 328 g/mol. The Bertz CT molecular complexity index is 1050. The molecule has 0 atom stereocenters. The molecule has 0 aromatic carbocycles. The van der Waals surface area contributed by atoms with E-state index in [0.29, 0.717) is 45.6 Å². The monoisotopic (exact) mass is 338 g/mol. The predicted molar refractivity (Wildman–Crippen MR) is 92.3 cm³/mol. The van der Waals surface area contributed by atoms with Gasteiger partial charge in [0.2, 0.25) is 0 Å². The van der Waals surface area contributed by atoms with Crippen molar-refractivity contribution in [3.63, 3.8) is 0 Å². The van der Waals surface area contributed by atoms with E-state index in [9.17, 15) is 0 Å². The Morgan fingerprint density at radius 2 is 1.00 bits per heavy atom. The van der Waals surface area contributed by atoms with Gasteiger partial charge >= 0.3 is 0 Å². The molecule has 0 saturated carbocycles. The number of aromatic nitrogens is 2. The average molecular weight is 338 g/mol. The highest BCUT2D eigenvalue weighted by molar-refractivity contribution is 5.63. The first-order valence-electron chi connectivity index (χ1n) is 7.70. The van der Waals surface area contributed by atoms with E-state index in [1.807, 2.05) is 12.1 Å². The van der Waals surface area contributed by atoms with Crippen LogP contribution in [0.4, 0.5) is 0 Å². The van der Waals surface area contributed by atoms with Gasteiger partial charge in [-0.05, 0) is 48.5 Å². The van der Waals surface area contributed by atoms with Gasteiger partial charge in [0.15, 0.2) is 23.0 Å². The van der Waals surface area contributed by atoms with Crippen molar-refractivity contribution in [2.24, 2.45) is 0 Å². The van der Waals surface area contributed by atoms with Crippen LogP contribution < -0.4 is 0 Å². The van der Waals surface area contributed by atoms with E-state index >= 15 is 0 Å². The normalized spacial score (nSPS) is 10.2. The molecule has 122 valence electrons. The van der Waals surface area contributed by atoms with Gasteiger partial charge in [-0.15, -0.1) is 0 Å². The van der Waals surface area contributed by atoms with E-state index in [2.05, 4.69) is 9.97 Å². The standard InChI is InChI=1S/C20H10N4O2/c21-9-13-1-3-15(23-11-13)17-5-7-19(25-17)20-8-6-18(26-20)16-4-2-14(10-22)12-24-16/h1-8,11-12H. The van der Waals surface area contributed by atoms with Crippen molar-refractivity contribution in [3.8, 4) is 46.6 Å². The third-order valence-electron chi connectivity index (χ3n) is 3.74. The lowest BCUT2D eigenvalue weighted by molar-refractivity contribution is 0.537. The van der Waals surface area contributed by atoms with E-state index in [4.69, 9.17) is 19.4 Å². The molecule has 0 amide bonds. The molecule has 0 aliphatic heterocycles. The van der Waals surface area contributed by atoms with Gasteiger partial charge in [-0.1, -0.05) is 0 Å². The summed E-state index contributed by atoms with van der Waals surface area (Å²) in [5.41, 5.74) is 2.25. The zero-order valence-corrected chi connectivity index (χ0v) is 13.4. The minimum absolute atomic E-state index is 0.492. The molecule has 0 saturated heterocycles. The van der Waals surface area contributed by atoms with E-state index < -0.39 is 0 Å². The highest BCUT2D eigenvalue weighted by Gasteiger charge is 2.13. The minimum atomic E-state index is 0.492. The topological polar surface area (TPSA) is 99.6 Å². The van der Waals surface area contributed by atoms with E-state index in [-0.39, 0.29) is 0 Å². The number of hydrogen-bond donors (Lipinski definition) is 0. The lowest BCUT2D eigenvalue weighted by Gasteiger charge is -1.97. The Morgan fingerprint density at radius 3 is 1.35 bits per heavy atom. The summed E-state index contributed by atoms with van der Waals surface area (Å²) in [6, 6.07) is 18.1. The highest BCUT2D eigenvalue weighted by atomic mass is 16.4. The fourth-order valence-corrected chi connectivity index (χ4v) is 2.43. The van der Waals surface area contributed by atoms with Crippen LogP contribution in [-0.2, 0) is 0 Å². The maximum atomic E-state index is 8.83. The number of rotatable bonds is 3. The largest absolute Gasteiger partial charge is 0.451 e. The molecule has 0 spiro atoms. The van der Waals surface area contributed by atoms with E-state index in [1.54, 1.807) is 48.5 Å². The number of nitriles is 2. The average Bonchev–Trinajstić information content (AvgIpc) is 3.38. The third kappa shape index (κ3) is 2.83. The molecule has 26 heavy (non-hydrogen) atoms. The van der Waals surface area contributed by atoms with Gasteiger partial charge in [0, 0.05) is 12.4 Å². The number of furan rings is 2. The second-order valence-corrected chi connectivity index (χ2v) is 5.42. The molecule has 4 aromatic rings. The zero-order chi connectivity index (χ0) is 17.9. The molecule has 0 unspecified atom stereocenters. The van der Waals surface area contributed by atoms with Crippen molar-refractivity contribution in [1.29, 1.82) is 10.5 Å².